The normalized spacial score (nSPS) is 13.2. The van der Waals surface area contributed by atoms with Crippen LogP contribution >= 0.6 is 0 Å². The number of likely N-dealkylation sites (N-methyl/N-ethyl adjacent to an activating group) is 1. The molecule has 0 aliphatic rings. The fourth-order valence-corrected chi connectivity index (χ4v) is 1.50. The molecule has 0 fully saturated rings. The second-order valence-electron chi connectivity index (χ2n) is 4.42. The zero-order valence-corrected chi connectivity index (χ0v) is 11.2. The van der Waals surface area contributed by atoms with Gasteiger partial charge in [-0.15, -0.1) is 0 Å². The summed E-state index contributed by atoms with van der Waals surface area (Å²) >= 11 is 0. The van der Waals surface area contributed by atoms with E-state index < -0.39 is 23.7 Å². The fraction of sp³-hybridized carbons (Fsp3) is 0.500. The van der Waals surface area contributed by atoms with Crippen LogP contribution in [-0.4, -0.2) is 54.0 Å². The largest absolute Gasteiger partial charge is 0.492 e. The lowest BCUT2D eigenvalue weighted by atomic mass is 10.3. The molecule has 0 aliphatic carbocycles. The zero-order valence-electron chi connectivity index (χ0n) is 11.2. The number of benzene rings is 1. The van der Waals surface area contributed by atoms with Crippen molar-refractivity contribution in [1.82, 2.24) is 4.90 Å². The van der Waals surface area contributed by atoms with E-state index >= 15 is 0 Å². The lowest BCUT2D eigenvalue weighted by molar-refractivity contribution is -0.384. The van der Waals surface area contributed by atoms with Gasteiger partial charge in [-0.2, -0.15) is 13.2 Å². The van der Waals surface area contributed by atoms with Crippen LogP contribution in [0, 0.1) is 10.1 Å². The summed E-state index contributed by atoms with van der Waals surface area (Å²) in [6.45, 7) is -0.389. The van der Waals surface area contributed by atoms with Gasteiger partial charge >= 0.3 is 6.18 Å². The van der Waals surface area contributed by atoms with Crippen molar-refractivity contribution in [3.05, 3.63) is 34.4 Å². The van der Waals surface area contributed by atoms with E-state index in [9.17, 15) is 23.3 Å². The minimum absolute atomic E-state index is 0.0439. The summed E-state index contributed by atoms with van der Waals surface area (Å²) in [5.41, 5.74) is -0.131. The molecule has 118 valence electrons. The Bertz CT molecular complexity index is 482. The number of hydrogen-bond acceptors (Lipinski definition) is 5. The van der Waals surface area contributed by atoms with Gasteiger partial charge in [-0.05, 0) is 13.1 Å². The number of nitro groups is 1. The van der Waals surface area contributed by atoms with Crippen LogP contribution in [0.5, 0.6) is 5.75 Å². The number of aliphatic hydroxyl groups is 1. The molecule has 1 atom stereocenters. The van der Waals surface area contributed by atoms with Crippen molar-refractivity contribution in [3.8, 4) is 5.75 Å². The van der Waals surface area contributed by atoms with E-state index in [0.29, 0.717) is 0 Å². The molecule has 6 nitrogen and oxygen atoms in total. The Morgan fingerprint density at radius 3 is 2.71 bits per heavy atom. The molecule has 0 aliphatic heterocycles. The molecule has 1 rings (SSSR count). The van der Waals surface area contributed by atoms with Crippen LogP contribution in [0.25, 0.3) is 0 Å². The van der Waals surface area contributed by atoms with Gasteiger partial charge in [0.2, 0.25) is 0 Å². The van der Waals surface area contributed by atoms with E-state index in [1.165, 1.54) is 36.2 Å². The van der Waals surface area contributed by atoms with E-state index in [2.05, 4.69) is 0 Å². The molecule has 0 saturated carbocycles. The predicted molar refractivity (Wildman–Crippen MR) is 68.2 cm³/mol. The second-order valence-corrected chi connectivity index (χ2v) is 4.42. The number of nitro benzene ring substituents is 1. The third-order valence-electron chi connectivity index (χ3n) is 2.63. The SMILES string of the molecule is CN(CCOc1cccc([N+](=O)[O-])c1)CC(O)C(F)(F)F. The highest BCUT2D eigenvalue weighted by atomic mass is 19.4. The molecule has 0 bridgehead atoms. The molecule has 1 unspecified atom stereocenters. The third-order valence-corrected chi connectivity index (χ3v) is 2.63. The van der Waals surface area contributed by atoms with Crippen LogP contribution in [0.4, 0.5) is 18.9 Å². The van der Waals surface area contributed by atoms with Crippen molar-refractivity contribution < 1.29 is 27.9 Å². The average Bonchev–Trinajstić information content (AvgIpc) is 2.37. The Labute approximate surface area is 118 Å². The van der Waals surface area contributed by atoms with Gasteiger partial charge in [0.05, 0.1) is 11.0 Å². The van der Waals surface area contributed by atoms with Gasteiger partial charge in [0, 0.05) is 19.2 Å². The highest BCUT2D eigenvalue weighted by Gasteiger charge is 2.38. The number of rotatable bonds is 7. The number of non-ortho nitro benzene ring substituents is 1. The first-order chi connectivity index (χ1) is 9.70. The molecule has 1 aromatic rings. The van der Waals surface area contributed by atoms with E-state index in [1.807, 2.05) is 0 Å². The van der Waals surface area contributed by atoms with Gasteiger partial charge in [-0.1, -0.05) is 6.07 Å². The number of halogens is 3. The maximum absolute atomic E-state index is 12.1. The lowest BCUT2D eigenvalue weighted by Gasteiger charge is -2.22. The molecule has 0 spiro atoms. The number of ether oxygens (including phenoxy) is 1. The first-order valence-corrected chi connectivity index (χ1v) is 6.00. The Hall–Kier alpha value is -1.87. The van der Waals surface area contributed by atoms with Gasteiger partial charge < -0.3 is 14.7 Å². The van der Waals surface area contributed by atoms with E-state index in [4.69, 9.17) is 9.84 Å². The Morgan fingerprint density at radius 2 is 2.14 bits per heavy atom. The molecular formula is C12H15F3N2O4. The summed E-state index contributed by atoms with van der Waals surface area (Å²) in [7, 11) is 1.41. The van der Waals surface area contributed by atoms with Crippen molar-refractivity contribution in [3.63, 3.8) is 0 Å². The van der Waals surface area contributed by atoms with Crippen LogP contribution < -0.4 is 4.74 Å². The second kappa shape index (κ2) is 7.23. The Kier molecular flexibility index (Phi) is 5.91. The smallest absolute Gasteiger partial charge is 0.415 e. The molecule has 1 N–H and O–H groups in total. The molecule has 9 heteroatoms. The average molecular weight is 308 g/mol. The standard InChI is InChI=1S/C12H15F3N2O4/c1-16(8-11(18)12(13,14)15)5-6-21-10-4-2-3-9(7-10)17(19)20/h2-4,7,11,18H,5-6,8H2,1H3. The fourth-order valence-electron chi connectivity index (χ4n) is 1.50. The minimum atomic E-state index is -4.66. The first-order valence-electron chi connectivity index (χ1n) is 6.00. The summed E-state index contributed by atoms with van der Waals surface area (Å²) in [4.78, 5) is 11.2. The van der Waals surface area contributed by atoms with Crippen molar-refractivity contribution in [2.75, 3.05) is 26.7 Å². The van der Waals surface area contributed by atoms with Crippen molar-refractivity contribution in [2.45, 2.75) is 12.3 Å². The number of nitrogens with zero attached hydrogens (tertiary/aromatic N) is 2. The zero-order chi connectivity index (χ0) is 16.0. The van der Waals surface area contributed by atoms with Gasteiger partial charge in [0.25, 0.3) is 5.69 Å². The number of hydrogen-bond donors (Lipinski definition) is 1. The van der Waals surface area contributed by atoms with Crippen molar-refractivity contribution in [1.29, 1.82) is 0 Å². The topological polar surface area (TPSA) is 75.8 Å². The molecule has 21 heavy (non-hydrogen) atoms. The van der Waals surface area contributed by atoms with Crippen LogP contribution in [0.1, 0.15) is 0 Å². The van der Waals surface area contributed by atoms with Crippen molar-refractivity contribution >= 4 is 5.69 Å². The summed E-state index contributed by atoms with van der Waals surface area (Å²) in [5, 5.41) is 19.4. The van der Waals surface area contributed by atoms with Crippen molar-refractivity contribution in [2.24, 2.45) is 0 Å². The summed E-state index contributed by atoms with van der Waals surface area (Å²) in [5.74, 6) is 0.258. The van der Waals surface area contributed by atoms with E-state index in [-0.39, 0.29) is 24.6 Å². The predicted octanol–water partition coefficient (Wildman–Crippen LogP) is 1.83. The molecule has 0 heterocycles. The molecular weight excluding hydrogens is 293 g/mol. The summed E-state index contributed by atoms with van der Waals surface area (Å²) < 4.78 is 41.7. The maximum atomic E-state index is 12.1. The van der Waals surface area contributed by atoms with Gasteiger partial charge in [0.15, 0.2) is 6.10 Å². The summed E-state index contributed by atoms with van der Waals surface area (Å²) in [6, 6.07) is 5.49. The molecule has 0 aromatic heterocycles. The van der Waals surface area contributed by atoms with Crippen LogP contribution in [0.3, 0.4) is 0 Å². The van der Waals surface area contributed by atoms with Crippen LogP contribution in [0.2, 0.25) is 0 Å². The number of alkyl halides is 3. The van der Waals surface area contributed by atoms with Gasteiger partial charge in [-0.25, -0.2) is 0 Å². The highest BCUT2D eigenvalue weighted by Crippen LogP contribution is 2.21. The molecule has 1 aromatic carbocycles. The van der Waals surface area contributed by atoms with Crippen LogP contribution in [-0.2, 0) is 0 Å². The number of aliphatic hydroxyl groups excluding tert-OH is 1. The highest BCUT2D eigenvalue weighted by molar-refractivity contribution is 5.37. The van der Waals surface area contributed by atoms with E-state index in [1.54, 1.807) is 0 Å². The quantitative estimate of drug-likeness (QED) is 0.614. The van der Waals surface area contributed by atoms with Gasteiger partial charge in [0.1, 0.15) is 12.4 Å². The molecule has 0 saturated heterocycles. The minimum Gasteiger partial charge on any atom is -0.492 e. The molecule has 0 radical (unpaired) electrons. The van der Waals surface area contributed by atoms with E-state index in [0.717, 1.165) is 0 Å². The lowest BCUT2D eigenvalue weighted by Crippen LogP contribution is -2.40. The monoisotopic (exact) mass is 308 g/mol. The maximum Gasteiger partial charge on any atom is 0.415 e. The Balaban J connectivity index is 2.40. The molecule has 0 amide bonds. The first kappa shape index (κ1) is 17.2. The third kappa shape index (κ3) is 5.96. The summed E-state index contributed by atoms with van der Waals surface area (Å²) in [6.07, 6.45) is -7.07. The Morgan fingerprint density at radius 1 is 1.48 bits per heavy atom. The van der Waals surface area contributed by atoms with Crippen LogP contribution in [0.15, 0.2) is 24.3 Å². The van der Waals surface area contributed by atoms with Gasteiger partial charge in [-0.3, -0.25) is 10.1 Å².